The van der Waals surface area contributed by atoms with E-state index in [1.54, 1.807) is 0 Å². The number of hydrogen-bond donors (Lipinski definition) is 2. The second-order valence-electron chi connectivity index (χ2n) is 4.14. The summed E-state index contributed by atoms with van der Waals surface area (Å²) >= 11 is 0. The molecule has 0 aliphatic heterocycles. The smallest absolute Gasteiger partial charge is 0.324 e. The topological polar surface area (TPSA) is 81.2 Å². The minimum Gasteiger partial charge on any atom is -0.467 e. The number of nitrogens with zero attached hydrogens (tertiary/aromatic N) is 3. The van der Waals surface area contributed by atoms with Crippen LogP contribution in [0.4, 0.5) is 5.95 Å². The van der Waals surface area contributed by atoms with Crippen LogP contribution in [0.25, 0.3) is 0 Å². The molecule has 1 heterocycles. The second kappa shape index (κ2) is 6.34. The van der Waals surface area contributed by atoms with Gasteiger partial charge in [0.2, 0.25) is 5.95 Å². The number of methoxy groups -OCH3 is 2. The van der Waals surface area contributed by atoms with E-state index < -0.39 is 0 Å². The van der Waals surface area contributed by atoms with Crippen LogP contribution in [0.1, 0.15) is 19.3 Å². The van der Waals surface area contributed by atoms with Gasteiger partial charge in [-0.25, -0.2) is 0 Å². The van der Waals surface area contributed by atoms with Gasteiger partial charge in [-0.2, -0.15) is 9.97 Å². The summed E-state index contributed by atoms with van der Waals surface area (Å²) in [5.74, 6) is 0.477. The molecule has 0 bridgehead atoms. The lowest BCUT2D eigenvalue weighted by atomic mass is 10.4. The highest BCUT2D eigenvalue weighted by Gasteiger charge is 2.19. The number of nitrogens with one attached hydrogen (secondary N) is 2. The van der Waals surface area contributed by atoms with Gasteiger partial charge < -0.3 is 20.1 Å². The number of anilines is 1. The molecule has 0 spiro atoms. The van der Waals surface area contributed by atoms with Gasteiger partial charge in [0.15, 0.2) is 0 Å². The predicted octanol–water partition coefficient (Wildman–Crippen LogP) is 0.443. The molecule has 0 amide bonds. The zero-order valence-electron chi connectivity index (χ0n) is 10.8. The molecule has 1 aliphatic rings. The Morgan fingerprint density at radius 1 is 1.06 bits per heavy atom. The standard InChI is InChI=1S/C11H19N5O2/c1-17-10-14-9(15-11(16-10)18-2)13-7-3-6-12-8-4-5-8/h8,12H,3-7H2,1-2H3,(H,13,14,15,16). The Morgan fingerprint density at radius 3 is 2.28 bits per heavy atom. The van der Waals surface area contributed by atoms with E-state index in [1.807, 2.05) is 0 Å². The Kier molecular flexibility index (Phi) is 4.52. The van der Waals surface area contributed by atoms with Gasteiger partial charge in [-0.15, -0.1) is 4.98 Å². The lowest BCUT2D eigenvalue weighted by Gasteiger charge is -2.07. The molecule has 7 heteroatoms. The van der Waals surface area contributed by atoms with Crippen LogP contribution in [-0.4, -0.2) is 48.3 Å². The SMILES string of the molecule is COc1nc(NCCCNC2CC2)nc(OC)n1. The molecule has 0 aromatic carbocycles. The normalized spacial score (nSPS) is 14.3. The summed E-state index contributed by atoms with van der Waals surface area (Å²) in [4.78, 5) is 12.1. The van der Waals surface area contributed by atoms with Crippen molar-refractivity contribution in [2.24, 2.45) is 0 Å². The van der Waals surface area contributed by atoms with Crippen LogP contribution in [-0.2, 0) is 0 Å². The lowest BCUT2D eigenvalue weighted by molar-refractivity contribution is 0.341. The average molecular weight is 253 g/mol. The Bertz CT molecular complexity index is 361. The number of hydrogen-bond acceptors (Lipinski definition) is 7. The minimum atomic E-state index is 0.250. The van der Waals surface area contributed by atoms with Gasteiger partial charge in [0.25, 0.3) is 0 Å². The first kappa shape index (κ1) is 12.8. The first-order valence-corrected chi connectivity index (χ1v) is 6.13. The van der Waals surface area contributed by atoms with Crippen molar-refractivity contribution in [3.63, 3.8) is 0 Å². The van der Waals surface area contributed by atoms with Gasteiger partial charge in [-0.1, -0.05) is 0 Å². The molecule has 1 aromatic heterocycles. The van der Waals surface area contributed by atoms with Crippen LogP contribution < -0.4 is 20.1 Å². The zero-order valence-corrected chi connectivity index (χ0v) is 10.8. The van der Waals surface area contributed by atoms with E-state index in [2.05, 4.69) is 25.6 Å². The van der Waals surface area contributed by atoms with Crippen LogP contribution in [0, 0.1) is 0 Å². The van der Waals surface area contributed by atoms with E-state index in [9.17, 15) is 0 Å². The van der Waals surface area contributed by atoms with Gasteiger partial charge in [0.1, 0.15) is 0 Å². The maximum absolute atomic E-state index is 4.97. The fourth-order valence-electron chi connectivity index (χ4n) is 1.48. The van der Waals surface area contributed by atoms with Crippen molar-refractivity contribution >= 4 is 5.95 Å². The maximum atomic E-state index is 4.97. The van der Waals surface area contributed by atoms with E-state index in [4.69, 9.17) is 9.47 Å². The lowest BCUT2D eigenvalue weighted by Crippen LogP contribution is -2.20. The van der Waals surface area contributed by atoms with E-state index in [-0.39, 0.29) is 12.0 Å². The largest absolute Gasteiger partial charge is 0.467 e. The van der Waals surface area contributed by atoms with E-state index in [0.717, 1.165) is 25.6 Å². The molecule has 0 radical (unpaired) electrons. The molecule has 2 rings (SSSR count). The maximum Gasteiger partial charge on any atom is 0.324 e. The molecule has 7 nitrogen and oxygen atoms in total. The van der Waals surface area contributed by atoms with Gasteiger partial charge in [-0.3, -0.25) is 0 Å². The Labute approximate surface area is 106 Å². The molecule has 18 heavy (non-hydrogen) atoms. The third-order valence-electron chi connectivity index (χ3n) is 2.61. The first-order valence-electron chi connectivity index (χ1n) is 6.13. The van der Waals surface area contributed by atoms with Crippen molar-refractivity contribution in [1.29, 1.82) is 0 Å². The summed E-state index contributed by atoms with van der Waals surface area (Å²) < 4.78 is 9.94. The minimum absolute atomic E-state index is 0.250. The molecule has 0 unspecified atom stereocenters. The Balaban J connectivity index is 1.75. The summed E-state index contributed by atoms with van der Waals surface area (Å²) in [5, 5.41) is 6.57. The summed E-state index contributed by atoms with van der Waals surface area (Å²) in [6.45, 7) is 1.81. The van der Waals surface area contributed by atoms with Crippen molar-refractivity contribution in [3.8, 4) is 12.0 Å². The van der Waals surface area contributed by atoms with Crippen molar-refractivity contribution in [2.75, 3.05) is 32.6 Å². The summed E-state index contributed by atoms with van der Waals surface area (Å²) in [6, 6.07) is 1.25. The van der Waals surface area contributed by atoms with Crippen molar-refractivity contribution in [2.45, 2.75) is 25.3 Å². The third kappa shape index (κ3) is 3.99. The molecule has 100 valence electrons. The zero-order chi connectivity index (χ0) is 12.8. The third-order valence-corrected chi connectivity index (χ3v) is 2.61. The summed E-state index contributed by atoms with van der Waals surface area (Å²) in [6.07, 6.45) is 3.65. The Morgan fingerprint density at radius 2 is 1.72 bits per heavy atom. The molecular weight excluding hydrogens is 234 g/mol. The summed E-state index contributed by atoms with van der Waals surface area (Å²) in [5.41, 5.74) is 0. The molecule has 0 saturated heterocycles. The Hall–Kier alpha value is -1.63. The van der Waals surface area contributed by atoms with Gasteiger partial charge >= 0.3 is 12.0 Å². The molecule has 2 N–H and O–H groups in total. The van der Waals surface area contributed by atoms with Gasteiger partial charge in [-0.05, 0) is 25.8 Å². The monoisotopic (exact) mass is 253 g/mol. The van der Waals surface area contributed by atoms with Crippen LogP contribution in [0.5, 0.6) is 12.0 Å². The van der Waals surface area contributed by atoms with Crippen LogP contribution in [0.15, 0.2) is 0 Å². The fraction of sp³-hybridized carbons (Fsp3) is 0.727. The average Bonchev–Trinajstić information content (AvgIpc) is 3.22. The van der Waals surface area contributed by atoms with Crippen LogP contribution in [0.3, 0.4) is 0 Å². The van der Waals surface area contributed by atoms with Crippen molar-refractivity contribution < 1.29 is 9.47 Å². The highest BCUT2D eigenvalue weighted by atomic mass is 16.5. The van der Waals surface area contributed by atoms with E-state index >= 15 is 0 Å². The molecular formula is C11H19N5O2. The van der Waals surface area contributed by atoms with Crippen molar-refractivity contribution in [1.82, 2.24) is 20.3 Å². The number of ether oxygens (including phenoxy) is 2. The first-order chi connectivity index (χ1) is 8.81. The highest BCUT2D eigenvalue weighted by Crippen LogP contribution is 2.18. The molecule has 1 saturated carbocycles. The predicted molar refractivity (Wildman–Crippen MR) is 67.1 cm³/mol. The summed E-state index contributed by atoms with van der Waals surface area (Å²) in [7, 11) is 3.02. The van der Waals surface area contributed by atoms with Crippen LogP contribution >= 0.6 is 0 Å². The molecule has 1 aliphatic carbocycles. The number of rotatable bonds is 8. The highest BCUT2D eigenvalue weighted by molar-refractivity contribution is 5.27. The second-order valence-corrected chi connectivity index (χ2v) is 4.14. The van der Waals surface area contributed by atoms with E-state index in [0.29, 0.717) is 5.95 Å². The fourth-order valence-corrected chi connectivity index (χ4v) is 1.48. The molecule has 0 atom stereocenters. The van der Waals surface area contributed by atoms with Crippen LogP contribution in [0.2, 0.25) is 0 Å². The molecule has 1 aromatic rings. The van der Waals surface area contributed by atoms with Gasteiger partial charge in [0.05, 0.1) is 14.2 Å². The quantitative estimate of drug-likeness (QED) is 0.651. The van der Waals surface area contributed by atoms with Crippen molar-refractivity contribution in [3.05, 3.63) is 0 Å². The number of aromatic nitrogens is 3. The van der Waals surface area contributed by atoms with Gasteiger partial charge in [0, 0.05) is 12.6 Å². The van der Waals surface area contributed by atoms with E-state index in [1.165, 1.54) is 27.1 Å². The molecule has 1 fully saturated rings.